The van der Waals surface area contributed by atoms with Crippen molar-refractivity contribution in [1.82, 2.24) is 4.90 Å². The molecule has 0 saturated heterocycles. The molecule has 0 radical (unpaired) electrons. The van der Waals surface area contributed by atoms with E-state index in [9.17, 15) is 0 Å². The van der Waals surface area contributed by atoms with Crippen LogP contribution in [0, 0.1) is 6.92 Å². The van der Waals surface area contributed by atoms with E-state index in [0.717, 1.165) is 13.0 Å². The molecule has 0 amide bonds. The first-order chi connectivity index (χ1) is 9.65. The minimum absolute atomic E-state index is 0. The van der Waals surface area contributed by atoms with Crippen LogP contribution >= 0.6 is 0 Å². The first-order valence-corrected chi connectivity index (χ1v) is 8.28. The van der Waals surface area contributed by atoms with Gasteiger partial charge in [0.1, 0.15) is 0 Å². The summed E-state index contributed by atoms with van der Waals surface area (Å²) in [7, 11) is 2.25. The largest absolute Gasteiger partial charge is 0.331 e. The average molecular weight is 456 g/mol. The van der Waals surface area contributed by atoms with Crippen LogP contribution in [0.3, 0.4) is 0 Å². The van der Waals surface area contributed by atoms with Crippen LogP contribution in [0.2, 0.25) is 0 Å². The summed E-state index contributed by atoms with van der Waals surface area (Å²) >= 11 is 0. The molecule has 0 aliphatic heterocycles. The van der Waals surface area contributed by atoms with E-state index in [1.165, 1.54) is 56.2 Å². The van der Waals surface area contributed by atoms with E-state index in [4.69, 9.17) is 0 Å². The Bertz CT molecular complexity index is 418. The molecule has 0 heterocycles. The Kier molecular flexibility index (Phi) is 8.20. The van der Waals surface area contributed by atoms with Crippen LogP contribution < -0.4 is 0 Å². The van der Waals surface area contributed by atoms with Gasteiger partial charge >= 0.3 is 0 Å². The molecule has 1 nitrogen and oxygen atoms in total. The molecule has 1 aromatic carbocycles. The van der Waals surface area contributed by atoms with Gasteiger partial charge in [0.15, 0.2) is 0 Å². The second kappa shape index (κ2) is 9.11. The van der Waals surface area contributed by atoms with Crippen LogP contribution in [0.25, 0.3) is 0 Å². The Morgan fingerprint density at radius 1 is 1.10 bits per heavy atom. The van der Waals surface area contributed by atoms with E-state index in [-0.39, 0.29) is 26.5 Å². The smallest absolute Gasteiger partial charge is 0 e. The van der Waals surface area contributed by atoms with Gasteiger partial charge in [0, 0.05) is 21.1 Å². The van der Waals surface area contributed by atoms with Gasteiger partial charge in [-0.25, -0.2) is 0 Å². The van der Waals surface area contributed by atoms with E-state index in [1.54, 1.807) is 0 Å². The second-order valence-corrected chi connectivity index (χ2v) is 6.62. The van der Waals surface area contributed by atoms with Crippen LogP contribution in [-0.2, 0) is 32.9 Å². The van der Waals surface area contributed by atoms with Gasteiger partial charge in [0.05, 0.1) is 0 Å². The molecule has 0 aromatic heterocycles. The molecule has 1 unspecified atom stereocenters. The zero-order valence-electron chi connectivity index (χ0n) is 13.7. The Balaban J connectivity index is 0.00000220. The molecule has 0 spiro atoms. The van der Waals surface area contributed by atoms with Crippen LogP contribution in [0.4, 0.5) is 0 Å². The van der Waals surface area contributed by atoms with E-state index >= 15 is 0 Å². The Labute approximate surface area is 145 Å². The van der Waals surface area contributed by atoms with Crippen LogP contribution in [0.5, 0.6) is 0 Å². The molecule has 2 heteroatoms. The van der Waals surface area contributed by atoms with Gasteiger partial charge in [-0.1, -0.05) is 68.9 Å². The molecular formula is C19H30NW-. The van der Waals surface area contributed by atoms with E-state index in [1.807, 2.05) is 0 Å². The third-order valence-electron chi connectivity index (χ3n) is 4.58. The normalized spacial score (nSPS) is 19.8. The molecular weight excluding hydrogens is 426 g/mol. The standard InChI is InChI=1S/C19H30N.W/c1-4-5-6-7-8-11-14-20(3)16-19(2)15-17-12-9-10-13-18(17)19;/h9-10,12-13H,2,4-8,11,14-16H2,1,3H3;/q-1;. The zero-order chi connectivity index (χ0) is 14.4. The van der Waals surface area contributed by atoms with Gasteiger partial charge in [0.2, 0.25) is 0 Å². The minimum atomic E-state index is 0. The number of hydrogen-bond acceptors (Lipinski definition) is 1. The van der Waals surface area contributed by atoms with Gasteiger partial charge < -0.3 is 11.8 Å². The molecule has 0 bridgehead atoms. The first-order valence-electron chi connectivity index (χ1n) is 8.28. The maximum Gasteiger partial charge on any atom is 0 e. The first kappa shape index (κ1) is 18.9. The van der Waals surface area contributed by atoms with Gasteiger partial charge in [-0.2, -0.15) is 0 Å². The molecule has 0 saturated carbocycles. The maximum atomic E-state index is 4.48. The number of likely N-dealkylation sites (N-methyl/N-ethyl adjacent to an activating group) is 1. The van der Waals surface area contributed by atoms with Crippen molar-refractivity contribution in [2.24, 2.45) is 0 Å². The summed E-state index contributed by atoms with van der Waals surface area (Å²) in [5.41, 5.74) is 3.11. The second-order valence-electron chi connectivity index (χ2n) is 6.62. The van der Waals surface area contributed by atoms with Crippen molar-refractivity contribution in [2.75, 3.05) is 20.1 Å². The number of fused-ring (bicyclic) bond motifs is 1. The number of unbranched alkanes of at least 4 members (excludes halogenated alkanes) is 5. The Hall–Kier alpha value is -0.132. The SMILES string of the molecule is [CH2-]C1(CN(C)CCCCCCCC)Cc2ccccc21.[W]. The summed E-state index contributed by atoms with van der Waals surface area (Å²) in [6.07, 6.45) is 9.40. The van der Waals surface area contributed by atoms with Gasteiger partial charge in [-0.05, 0) is 38.5 Å². The molecule has 1 aromatic rings. The summed E-state index contributed by atoms with van der Waals surface area (Å²) in [5, 5.41) is 0. The van der Waals surface area contributed by atoms with Gasteiger partial charge in [-0.15, -0.1) is 5.41 Å². The molecule has 1 aliphatic carbocycles. The van der Waals surface area contributed by atoms with E-state index in [2.05, 4.69) is 50.1 Å². The van der Waals surface area contributed by atoms with Gasteiger partial charge in [-0.3, -0.25) is 0 Å². The van der Waals surface area contributed by atoms with Crippen LogP contribution in [0.1, 0.15) is 56.6 Å². The number of rotatable bonds is 9. The predicted molar refractivity (Wildman–Crippen MR) is 88.1 cm³/mol. The Morgan fingerprint density at radius 2 is 1.76 bits per heavy atom. The fourth-order valence-electron chi connectivity index (χ4n) is 3.44. The molecule has 0 fully saturated rings. The number of hydrogen-bond donors (Lipinski definition) is 0. The molecule has 118 valence electrons. The Morgan fingerprint density at radius 3 is 2.48 bits per heavy atom. The van der Waals surface area contributed by atoms with Gasteiger partial charge in [0.25, 0.3) is 0 Å². The third-order valence-corrected chi connectivity index (χ3v) is 4.58. The van der Waals surface area contributed by atoms with Crippen molar-refractivity contribution in [3.63, 3.8) is 0 Å². The average Bonchev–Trinajstić information content (AvgIpc) is 2.42. The molecule has 21 heavy (non-hydrogen) atoms. The third kappa shape index (κ3) is 5.22. The van der Waals surface area contributed by atoms with Crippen molar-refractivity contribution in [3.05, 3.63) is 42.3 Å². The number of benzene rings is 1. The fourth-order valence-corrected chi connectivity index (χ4v) is 3.44. The molecule has 1 atom stereocenters. The quantitative estimate of drug-likeness (QED) is 0.388. The van der Waals surface area contributed by atoms with Crippen molar-refractivity contribution >= 4 is 0 Å². The minimum Gasteiger partial charge on any atom is -0.331 e. The summed E-state index contributed by atoms with van der Waals surface area (Å²) in [4.78, 5) is 2.47. The predicted octanol–water partition coefficient (Wildman–Crippen LogP) is 4.60. The van der Waals surface area contributed by atoms with Crippen molar-refractivity contribution in [2.45, 2.75) is 57.3 Å². The van der Waals surface area contributed by atoms with Crippen molar-refractivity contribution in [3.8, 4) is 0 Å². The zero-order valence-corrected chi connectivity index (χ0v) is 16.7. The monoisotopic (exact) mass is 456 g/mol. The summed E-state index contributed by atoms with van der Waals surface area (Å²) in [6, 6.07) is 8.78. The van der Waals surface area contributed by atoms with Crippen LogP contribution in [0.15, 0.2) is 24.3 Å². The van der Waals surface area contributed by atoms with Crippen LogP contribution in [-0.4, -0.2) is 25.0 Å². The molecule has 2 rings (SSSR count). The topological polar surface area (TPSA) is 3.24 Å². The summed E-state index contributed by atoms with van der Waals surface area (Å²) in [5.74, 6) is 0. The maximum absolute atomic E-state index is 4.48. The fraction of sp³-hybridized carbons (Fsp3) is 0.632. The van der Waals surface area contributed by atoms with E-state index in [0.29, 0.717) is 0 Å². The van der Waals surface area contributed by atoms with Crippen molar-refractivity contribution in [1.29, 1.82) is 0 Å². The summed E-state index contributed by atoms with van der Waals surface area (Å²) in [6.45, 7) is 9.07. The van der Waals surface area contributed by atoms with E-state index < -0.39 is 0 Å². The molecule has 0 N–H and O–H groups in total. The van der Waals surface area contributed by atoms with Crippen molar-refractivity contribution < 1.29 is 21.1 Å². The number of nitrogens with zero attached hydrogens (tertiary/aromatic N) is 1. The summed E-state index contributed by atoms with van der Waals surface area (Å²) < 4.78 is 0. The molecule has 1 aliphatic rings.